The normalized spacial score (nSPS) is 12.8. The van der Waals surface area contributed by atoms with E-state index >= 15 is 0 Å². The second-order valence-electron chi connectivity index (χ2n) is 14.9. The van der Waals surface area contributed by atoms with Gasteiger partial charge in [0.1, 0.15) is 0 Å². The molecule has 0 N–H and O–H groups in total. The van der Waals surface area contributed by atoms with Crippen molar-refractivity contribution in [3.8, 4) is 44.5 Å². The zero-order valence-corrected chi connectivity index (χ0v) is 30.5. The first-order valence-corrected chi connectivity index (χ1v) is 18.9. The minimum Gasteiger partial charge on any atom is -0.310 e. The summed E-state index contributed by atoms with van der Waals surface area (Å²) in [6, 6.07) is 73.4. The van der Waals surface area contributed by atoms with Crippen LogP contribution in [0.1, 0.15) is 25.0 Å². The van der Waals surface area contributed by atoms with Gasteiger partial charge in [0.15, 0.2) is 0 Å². The van der Waals surface area contributed by atoms with Gasteiger partial charge in [-0.2, -0.15) is 0 Å². The SMILES string of the molecule is CC1(C)c2ccccc2-c2cc(N(c3ccc(-c4cccc5cccc(-c6cccc7ccccc67)c45)cc3)c3ccccc3-c3ccccc3)ccc21. The van der Waals surface area contributed by atoms with Gasteiger partial charge in [0.25, 0.3) is 0 Å². The van der Waals surface area contributed by atoms with E-state index in [4.69, 9.17) is 0 Å². The molecule has 54 heavy (non-hydrogen) atoms. The van der Waals surface area contributed by atoms with Crippen LogP contribution in [0.4, 0.5) is 17.1 Å². The van der Waals surface area contributed by atoms with Gasteiger partial charge >= 0.3 is 0 Å². The number of para-hydroxylation sites is 1. The first-order valence-electron chi connectivity index (χ1n) is 18.9. The fourth-order valence-corrected chi connectivity index (χ4v) is 8.86. The van der Waals surface area contributed by atoms with Gasteiger partial charge in [-0.25, -0.2) is 0 Å². The van der Waals surface area contributed by atoms with Crippen LogP contribution in [-0.4, -0.2) is 0 Å². The molecule has 0 saturated carbocycles. The third kappa shape index (κ3) is 5.16. The quantitative estimate of drug-likeness (QED) is 0.168. The minimum absolute atomic E-state index is 0.0533. The van der Waals surface area contributed by atoms with Crippen molar-refractivity contribution in [1.29, 1.82) is 0 Å². The van der Waals surface area contributed by atoms with Gasteiger partial charge in [-0.3, -0.25) is 0 Å². The fraction of sp³-hybridized carbons (Fsp3) is 0.0566. The summed E-state index contributed by atoms with van der Waals surface area (Å²) in [5.74, 6) is 0. The molecule has 0 heterocycles. The van der Waals surface area contributed by atoms with Gasteiger partial charge in [-0.15, -0.1) is 0 Å². The van der Waals surface area contributed by atoms with E-state index in [9.17, 15) is 0 Å². The average Bonchev–Trinajstić information content (AvgIpc) is 3.46. The van der Waals surface area contributed by atoms with Crippen LogP contribution in [0.25, 0.3) is 66.1 Å². The zero-order chi connectivity index (χ0) is 36.2. The first kappa shape index (κ1) is 32.0. The maximum atomic E-state index is 2.44. The van der Waals surface area contributed by atoms with Gasteiger partial charge in [-0.05, 0) is 102 Å². The topological polar surface area (TPSA) is 3.24 Å². The van der Waals surface area contributed by atoms with Gasteiger partial charge in [-0.1, -0.05) is 184 Å². The molecule has 0 atom stereocenters. The molecule has 0 fully saturated rings. The number of benzene rings is 9. The van der Waals surface area contributed by atoms with E-state index in [1.807, 2.05) is 0 Å². The Labute approximate surface area is 317 Å². The molecule has 0 saturated heterocycles. The summed E-state index contributed by atoms with van der Waals surface area (Å²) in [4.78, 5) is 2.44. The molecule has 9 aromatic rings. The highest BCUT2D eigenvalue weighted by Crippen LogP contribution is 2.51. The highest BCUT2D eigenvalue weighted by Gasteiger charge is 2.35. The number of anilines is 3. The maximum Gasteiger partial charge on any atom is 0.0540 e. The smallest absolute Gasteiger partial charge is 0.0540 e. The molecular weight excluding hydrogens is 651 g/mol. The third-order valence-electron chi connectivity index (χ3n) is 11.5. The summed E-state index contributed by atoms with van der Waals surface area (Å²) in [7, 11) is 0. The van der Waals surface area contributed by atoms with Crippen LogP contribution < -0.4 is 4.90 Å². The summed E-state index contributed by atoms with van der Waals surface area (Å²) >= 11 is 0. The molecule has 9 aromatic carbocycles. The summed E-state index contributed by atoms with van der Waals surface area (Å²) in [6.07, 6.45) is 0. The number of fused-ring (bicyclic) bond motifs is 5. The molecule has 0 aliphatic heterocycles. The van der Waals surface area contributed by atoms with Gasteiger partial charge in [0.05, 0.1) is 5.69 Å². The minimum atomic E-state index is -0.0533. The predicted octanol–water partition coefficient (Wildman–Crippen LogP) is 14.8. The Morgan fingerprint density at radius 3 is 1.72 bits per heavy atom. The summed E-state index contributed by atoms with van der Waals surface area (Å²) < 4.78 is 0. The molecule has 0 radical (unpaired) electrons. The number of hydrogen-bond acceptors (Lipinski definition) is 1. The molecule has 1 heteroatoms. The molecule has 0 bridgehead atoms. The Morgan fingerprint density at radius 1 is 0.352 bits per heavy atom. The molecule has 1 aliphatic carbocycles. The third-order valence-corrected chi connectivity index (χ3v) is 11.5. The number of hydrogen-bond donors (Lipinski definition) is 0. The summed E-state index contributed by atoms with van der Waals surface area (Å²) in [5, 5.41) is 5.03. The van der Waals surface area contributed by atoms with E-state index in [0.717, 1.165) is 17.1 Å². The first-order chi connectivity index (χ1) is 26.6. The molecule has 0 unspecified atom stereocenters. The lowest BCUT2D eigenvalue weighted by molar-refractivity contribution is 0.660. The van der Waals surface area contributed by atoms with E-state index < -0.39 is 0 Å². The lowest BCUT2D eigenvalue weighted by atomic mass is 9.82. The van der Waals surface area contributed by atoms with Crippen molar-refractivity contribution in [2.75, 3.05) is 4.90 Å². The molecule has 1 aliphatic rings. The number of rotatable bonds is 6. The predicted molar refractivity (Wildman–Crippen MR) is 230 cm³/mol. The molecular formula is C53H39N. The van der Waals surface area contributed by atoms with E-state index in [1.54, 1.807) is 0 Å². The second-order valence-corrected chi connectivity index (χ2v) is 14.9. The zero-order valence-electron chi connectivity index (χ0n) is 30.5. The van der Waals surface area contributed by atoms with E-state index in [1.165, 1.54) is 77.2 Å². The molecule has 10 rings (SSSR count). The van der Waals surface area contributed by atoms with Crippen LogP contribution in [-0.2, 0) is 5.41 Å². The van der Waals surface area contributed by atoms with Crippen molar-refractivity contribution in [2.45, 2.75) is 19.3 Å². The van der Waals surface area contributed by atoms with E-state index in [0.29, 0.717) is 0 Å². The van der Waals surface area contributed by atoms with Crippen molar-refractivity contribution in [1.82, 2.24) is 0 Å². The summed E-state index contributed by atoms with van der Waals surface area (Å²) in [6.45, 7) is 4.69. The van der Waals surface area contributed by atoms with Gasteiger partial charge in [0.2, 0.25) is 0 Å². The molecule has 0 amide bonds. The summed E-state index contributed by atoms with van der Waals surface area (Å²) in [5.41, 5.74) is 16.1. The monoisotopic (exact) mass is 689 g/mol. The average molecular weight is 690 g/mol. The molecule has 0 spiro atoms. The van der Waals surface area contributed by atoms with Crippen molar-refractivity contribution in [3.05, 3.63) is 211 Å². The Balaban J connectivity index is 1.14. The van der Waals surface area contributed by atoms with Crippen LogP contribution >= 0.6 is 0 Å². The van der Waals surface area contributed by atoms with Crippen LogP contribution in [0.2, 0.25) is 0 Å². The lowest BCUT2D eigenvalue weighted by Crippen LogP contribution is -2.15. The second kappa shape index (κ2) is 12.8. The van der Waals surface area contributed by atoms with Gasteiger partial charge < -0.3 is 4.90 Å². The molecule has 256 valence electrons. The Hall–Kier alpha value is -6.70. The van der Waals surface area contributed by atoms with Gasteiger partial charge in [0, 0.05) is 22.4 Å². The maximum absolute atomic E-state index is 2.44. The van der Waals surface area contributed by atoms with Crippen molar-refractivity contribution in [3.63, 3.8) is 0 Å². The van der Waals surface area contributed by atoms with Crippen LogP contribution in [0.3, 0.4) is 0 Å². The van der Waals surface area contributed by atoms with Crippen molar-refractivity contribution >= 4 is 38.6 Å². The Kier molecular flexibility index (Phi) is 7.56. The highest BCUT2D eigenvalue weighted by molar-refractivity contribution is 6.11. The fourth-order valence-electron chi connectivity index (χ4n) is 8.86. The van der Waals surface area contributed by atoms with Crippen LogP contribution in [0.15, 0.2) is 200 Å². The molecule has 0 aromatic heterocycles. The largest absolute Gasteiger partial charge is 0.310 e. The van der Waals surface area contributed by atoms with Crippen LogP contribution in [0.5, 0.6) is 0 Å². The Bertz CT molecular complexity index is 2830. The van der Waals surface area contributed by atoms with Crippen molar-refractivity contribution < 1.29 is 0 Å². The standard InChI is InChI=1S/C53H39N/c1-53(2)49-27-10-8-23-46(49)48-35-41(33-34-50(48)53)54(51-28-11-9-22-43(51)37-15-4-3-5-16-37)40-31-29-38(30-32-40)44-24-13-19-39-20-14-26-47(52(39)44)45-25-12-18-36-17-6-7-21-42(36)45/h3-35H,1-2H3. The Morgan fingerprint density at radius 2 is 0.907 bits per heavy atom. The molecule has 1 nitrogen and oxygen atoms in total. The van der Waals surface area contributed by atoms with Crippen molar-refractivity contribution in [2.24, 2.45) is 0 Å². The van der Waals surface area contributed by atoms with E-state index in [2.05, 4.69) is 219 Å². The lowest BCUT2D eigenvalue weighted by Gasteiger charge is -2.29. The van der Waals surface area contributed by atoms with E-state index in [-0.39, 0.29) is 5.41 Å². The number of nitrogens with zero attached hydrogens (tertiary/aromatic N) is 1. The van der Waals surface area contributed by atoms with Crippen LogP contribution in [0, 0.1) is 0 Å². The highest BCUT2D eigenvalue weighted by atomic mass is 15.1.